The first kappa shape index (κ1) is 12.8. The van der Waals surface area contributed by atoms with Gasteiger partial charge >= 0.3 is 0 Å². The summed E-state index contributed by atoms with van der Waals surface area (Å²) in [5, 5.41) is 0. The SMILES string of the molecule is CC1COC(CN)CN1C(=O)C1CCCOC1. The van der Waals surface area contributed by atoms with Crippen LogP contribution in [0, 0.1) is 5.92 Å². The van der Waals surface area contributed by atoms with E-state index in [9.17, 15) is 4.79 Å². The Kier molecular flexibility index (Phi) is 4.36. The fourth-order valence-electron chi connectivity index (χ4n) is 2.44. The highest BCUT2D eigenvalue weighted by Gasteiger charge is 2.33. The predicted octanol–water partition coefficient (Wildman–Crippen LogP) is -0.0124. The molecule has 98 valence electrons. The first-order valence-corrected chi connectivity index (χ1v) is 6.42. The van der Waals surface area contributed by atoms with Gasteiger partial charge in [0.2, 0.25) is 5.91 Å². The summed E-state index contributed by atoms with van der Waals surface area (Å²) in [5.74, 6) is 0.238. The van der Waals surface area contributed by atoms with E-state index >= 15 is 0 Å². The van der Waals surface area contributed by atoms with Crippen LogP contribution in [0.5, 0.6) is 0 Å². The smallest absolute Gasteiger partial charge is 0.228 e. The molecule has 2 aliphatic heterocycles. The molecule has 0 aliphatic carbocycles. The third-order valence-electron chi connectivity index (χ3n) is 3.56. The number of ether oxygens (including phenoxy) is 2. The Balaban J connectivity index is 1.95. The van der Waals surface area contributed by atoms with Crippen molar-refractivity contribution in [3.05, 3.63) is 0 Å². The predicted molar refractivity (Wildman–Crippen MR) is 63.5 cm³/mol. The van der Waals surface area contributed by atoms with Crippen LogP contribution < -0.4 is 5.73 Å². The molecule has 2 fully saturated rings. The van der Waals surface area contributed by atoms with Gasteiger partial charge in [0.05, 0.1) is 31.3 Å². The maximum atomic E-state index is 12.4. The maximum absolute atomic E-state index is 12.4. The quantitative estimate of drug-likeness (QED) is 0.739. The minimum Gasteiger partial charge on any atom is -0.381 e. The van der Waals surface area contributed by atoms with Gasteiger partial charge < -0.3 is 20.1 Å². The number of carbonyl (C=O) groups is 1. The Morgan fingerprint density at radius 2 is 2.29 bits per heavy atom. The minimum absolute atomic E-state index is 0.0142. The van der Waals surface area contributed by atoms with Gasteiger partial charge in [0.1, 0.15) is 0 Å². The van der Waals surface area contributed by atoms with Crippen LogP contribution in [0.2, 0.25) is 0 Å². The molecule has 1 amide bonds. The van der Waals surface area contributed by atoms with Gasteiger partial charge in [-0.3, -0.25) is 4.79 Å². The second-order valence-electron chi connectivity index (χ2n) is 4.94. The van der Waals surface area contributed by atoms with Crippen LogP contribution in [0.4, 0.5) is 0 Å². The largest absolute Gasteiger partial charge is 0.381 e. The summed E-state index contributed by atoms with van der Waals surface area (Å²) in [5.41, 5.74) is 5.60. The Bertz CT molecular complexity index is 266. The van der Waals surface area contributed by atoms with Gasteiger partial charge in [0, 0.05) is 19.7 Å². The Labute approximate surface area is 102 Å². The lowest BCUT2D eigenvalue weighted by molar-refractivity contribution is -0.151. The molecule has 17 heavy (non-hydrogen) atoms. The molecule has 2 aliphatic rings. The average Bonchev–Trinajstić information content (AvgIpc) is 2.39. The first-order chi connectivity index (χ1) is 8.22. The van der Waals surface area contributed by atoms with Gasteiger partial charge in [-0.25, -0.2) is 0 Å². The van der Waals surface area contributed by atoms with Crippen molar-refractivity contribution >= 4 is 5.91 Å². The van der Waals surface area contributed by atoms with Crippen LogP contribution in [0.1, 0.15) is 19.8 Å². The van der Waals surface area contributed by atoms with E-state index in [0.29, 0.717) is 26.3 Å². The van der Waals surface area contributed by atoms with E-state index < -0.39 is 0 Å². The molecular formula is C12H22N2O3. The lowest BCUT2D eigenvalue weighted by Gasteiger charge is -2.40. The number of hydrogen-bond donors (Lipinski definition) is 1. The summed E-state index contributed by atoms with van der Waals surface area (Å²) >= 11 is 0. The zero-order valence-corrected chi connectivity index (χ0v) is 10.4. The maximum Gasteiger partial charge on any atom is 0.228 e. The summed E-state index contributed by atoms with van der Waals surface area (Å²) in [7, 11) is 0. The number of nitrogens with zero attached hydrogens (tertiary/aromatic N) is 1. The number of morpholine rings is 1. The molecule has 2 heterocycles. The summed E-state index contributed by atoms with van der Waals surface area (Å²) < 4.78 is 10.9. The highest BCUT2D eigenvalue weighted by molar-refractivity contribution is 5.79. The lowest BCUT2D eigenvalue weighted by atomic mass is 9.99. The van der Waals surface area contributed by atoms with Crippen LogP contribution in [0.3, 0.4) is 0 Å². The summed E-state index contributed by atoms with van der Waals surface area (Å²) in [6, 6.07) is 0.146. The Morgan fingerprint density at radius 1 is 1.47 bits per heavy atom. The van der Waals surface area contributed by atoms with Crippen LogP contribution in [0.25, 0.3) is 0 Å². The van der Waals surface area contributed by atoms with Crippen molar-refractivity contribution in [1.29, 1.82) is 0 Å². The van der Waals surface area contributed by atoms with Crippen molar-refractivity contribution in [3.8, 4) is 0 Å². The number of amides is 1. The average molecular weight is 242 g/mol. The molecule has 0 bridgehead atoms. The third kappa shape index (κ3) is 2.97. The monoisotopic (exact) mass is 242 g/mol. The second-order valence-corrected chi connectivity index (χ2v) is 4.94. The van der Waals surface area contributed by atoms with E-state index in [4.69, 9.17) is 15.2 Å². The molecule has 2 saturated heterocycles. The Hall–Kier alpha value is -0.650. The number of hydrogen-bond acceptors (Lipinski definition) is 4. The number of rotatable bonds is 2. The summed E-state index contributed by atoms with van der Waals surface area (Å²) in [6.07, 6.45) is 1.91. The number of carbonyl (C=O) groups excluding carboxylic acids is 1. The highest BCUT2D eigenvalue weighted by atomic mass is 16.5. The molecule has 0 spiro atoms. The van der Waals surface area contributed by atoms with E-state index in [2.05, 4.69) is 0 Å². The van der Waals surface area contributed by atoms with Crippen molar-refractivity contribution in [2.24, 2.45) is 11.7 Å². The van der Waals surface area contributed by atoms with E-state index in [0.717, 1.165) is 19.4 Å². The van der Waals surface area contributed by atoms with Gasteiger partial charge in [-0.15, -0.1) is 0 Å². The standard InChI is InChI=1S/C12H22N2O3/c1-9-7-17-11(5-13)6-14(9)12(15)10-3-2-4-16-8-10/h9-11H,2-8,13H2,1H3. The van der Waals surface area contributed by atoms with Crippen LogP contribution in [-0.4, -0.2) is 55.9 Å². The second kappa shape index (κ2) is 5.80. The molecule has 5 nitrogen and oxygen atoms in total. The minimum atomic E-state index is -0.0142. The molecule has 2 rings (SSSR count). The molecular weight excluding hydrogens is 220 g/mol. The highest BCUT2D eigenvalue weighted by Crippen LogP contribution is 2.20. The normalized spacial score (nSPS) is 34.7. The number of nitrogens with two attached hydrogens (primary N) is 1. The molecule has 3 unspecified atom stereocenters. The molecule has 5 heteroatoms. The molecule has 0 aromatic heterocycles. The van der Waals surface area contributed by atoms with Gasteiger partial charge in [0.15, 0.2) is 0 Å². The summed E-state index contributed by atoms with van der Waals surface area (Å²) in [4.78, 5) is 14.3. The van der Waals surface area contributed by atoms with E-state index in [1.54, 1.807) is 0 Å². The van der Waals surface area contributed by atoms with E-state index in [-0.39, 0.29) is 24.0 Å². The van der Waals surface area contributed by atoms with Gasteiger partial charge in [-0.05, 0) is 19.8 Å². The molecule has 3 atom stereocenters. The molecule has 0 saturated carbocycles. The zero-order valence-electron chi connectivity index (χ0n) is 10.4. The van der Waals surface area contributed by atoms with Crippen LogP contribution in [0.15, 0.2) is 0 Å². The van der Waals surface area contributed by atoms with Gasteiger partial charge in [-0.1, -0.05) is 0 Å². The van der Waals surface area contributed by atoms with Crippen LogP contribution in [-0.2, 0) is 14.3 Å². The fourth-order valence-corrected chi connectivity index (χ4v) is 2.44. The molecule has 0 aromatic rings. The summed E-state index contributed by atoms with van der Waals surface area (Å²) in [6.45, 7) is 5.05. The van der Waals surface area contributed by atoms with Gasteiger partial charge in [-0.2, -0.15) is 0 Å². The lowest BCUT2D eigenvalue weighted by Crippen LogP contribution is -2.55. The van der Waals surface area contributed by atoms with Crippen LogP contribution >= 0.6 is 0 Å². The molecule has 0 aromatic carbocycles. The van der Waals surface area contributed by atoms with Crippen molar-refractivity contribution in [2.45, 2.75) is 31.9 Å². The topological polar surface area (TPSA) is 64.8 Å². The Morgan fingerprint density at radius 3 is 2.94 bits per heavy atom. The first-order valence-electron chi connectivity index (χ1n) is 6.42. The van der Waals surface area contributed by atoms with Crippen molar-refractivity contribution in [3.63, 3.8) is 0 Å². The molecule has 0 radical (unpaired) electrons. The van der Waals surface area contributed by atoms with Crippen molar-refractivity contribution in [2.75, 3.05) is 32.9 Å². The van der Waals surface area contributed by atoms with Crippen molar-refractivity contribution < 1.29 is 14.3 Å². The molecule has 2 N–H and O–H groups in total. The van der Waals surface area contributed by atoms with E-state index in [1.165, 1.54) is 0 Å². The fraction of sp³-hybridized carbons (Fsp3) is 0.917. The van der Waals surface area contributed by atoms with Gasteiger partial charge in [0.25, 0.3) is 0 Å². The zero-order chi connectivity index (χ0) is 12.3. The third-order valence-corrected chi connectivity index (χ3v) is 3.56. The van der Waals surface area contributed by atoms with E-state index in [1.807, 2.05) is 11.8 Å². The van der Waals surface area contributed by atoms with Crippen molar-refractivity contribution in [1.82, 2.24) is 4.90 Å².